The number of rotatable bonds is 10. The van der Waals surface area contributed by atoms with Crippen molar-refractivity contribution in [3.63, 3.8) is 0 Å². The van der Waals surface area contributed by atoms with Gasteiger partial charge in [0.05, 0.1) is 11.5 Å². The maximum absolute atomic E-state index is 13.1. The Morgan fingerprint density at radius 3 is 2.64 bits per heavy atom. The number of aryl methyl sites for hydroxylation is 2. The van der Waals surface area contributed by atoms with E-state index in [9.17, 15) is 10.1 Å². The number of aromatic nitrogens is 3. The monoisotopic (exact) mass is 612 g/mol. The number of carbonyl (C=O) groups is 1. The Labute approximate surface area is 269 Å². The third kappa shape index (κ3) is 6.40. The Morgan fingerprint density at radius 1 is 1.20 bits per heavy atom. The van der Waals surface area contributed by atoms with Crippen LogP contribution in [-0.2, 0) is 11.8 Å². The summed E-state index contributed by atoms with van der Waals surface area (Å²) >= 11 is 0. The standard InChI is InChI=1S/C36H52N8O/c1-23(38-22-24(2)44-17-9-10-31(44)21-37)20-36(35-39-26(4)40-41-35)32-15-13-27(25(3)42(5)6)18-28(32)11-12-29-19-30(14-16-33(29)36)34(45)43(7)8/h14,16,19,23,27-28,31-32,38H,2-3,9-13,15,17-18,20,22H2,1,4-8H3,(H,39,40,41)/t23-,27?,28-,31?,32?,36?/m0/s1. The van der Waals surface area contributed by atoms with Crippen molar-refractivity contribution in [2.45, 2.75) is 82.7 Å². The lowest BCUT2D eigenvalue weighted by Crippen LogP contribution is -2.48. The second-order valence-corrected chi connectivity index (χ2v) is 14.1. The SMILES string of the molecule is C=C(C1CCC2[C@@H](CCc3cc(C(=O)N(C)C)ccc3C2(C[C@H](C)NCC(=C)N2CCCC2C#N)c2n[nH]c(C)n2)C1)N(C)C. The van der Waals surface area contributed by atoms with E-state index >= 15 is 0 Å². The number of nitriles is 1. The van der Waals surface area contributed by atoms with Crippen LogP contribution in [0.25, 0.3) is 0 Å². The van der Waals surface area contributed by atoms with E-state index in [1.807, 2.05) is 27.1 Å². The molecular weight excluding hydrogens is 560 g/mol. The lowest BCUT2D eigenvalue weighted by Gasteiger charge is -2.48. The summed E-state index contributed by atoms with van der Waals surface area (Å²) in [5, 5.41) is 21.5. The number of nitrogens with one attached hydrogen (secondary N) is 2. The van der Waals surface area contributed by atoms with Crippen molar-refractivity contribution >= 4 is 5.91 Å². The van der Waals surface area contributed by atoms with Crippen molar-refractivity contribution in [2.24, 2.45) is 17.8 Å². The number of allylic oxidation sites excluding steroid dienone is 1. The van der Waals surface area contributed by atoms with E-state index in [0.29, 0.717) is 24.3 Å². The smallest absolute Gasteiger partial charge is 0.253 e. The fourth-order valence-electron chi connectivity index (χ4n) is 8.48. The molecule has 0 radical (unpaired) electrons. The molecule has 45 heavy (non-hydrogen) atoms. The van der Waals surface area contributed by atoms with Gasteiger partial charge in [-0.2, -0.15) is 10.4 Å². The number of benzene rings is 1. The van der Waals surface area contributed by atoms with E-state index in [1.54, 1.807) is 4.90 Å². The van der Waals surface area contributed by atoms with Gasteiger partial charge in [-0.25, -0.2) is 4.98 Å². The van der Waals surface area contributed by atoms with Gasteiger partial charge in [-0.15, -0.1) is 0 Å². The van der Waals surface area contributed by atoms with Crippen molar-refractivity contribution in [3.05, 3.63) is 71.1 Å². The van der Waals surface area contributed by atoms with Crippen LogP contribution >= 0.6 is 0 Å². The number of nitrogens with zero attached hydrogens (tertiary/aromatic N) is 6. The minimum absolute atomic E-state index is 0.0206. The highest BCUT2D eigenvalue weighted by molar-refractivity contribution is 5.94. The minimum Gasteiger partial charge on any atom is -0.381 e. The van der Waals surface area contributed by atoms with Gasteiger partial charge < -0.3 is 20.0 Å². The van der Waals surface area contributed by atoms with Gasteiger partial charge in [0.25, 0.3) is 5.91 Å². The molecule has 2 N–H and O–H groups in total. The fraction of sp³-hybridized carbons (Fsp3) is 0.611. The van der Waals surface area contributed by atoms with Crippen LogP contribution in [0.5, 0.6) is 0 Å². The summed E-state index contributed by atoms with van der Waals surface area (Å²) < 4.78 is 0. The quantitative estimate of drug-likeness (QED) is 0.388. The lowest BCUT2D eigenvalue weighted by molar-refractivity contribution is 0.0827. The van der Waals surface area contributed by atoms with E-state index in [2.05, 4.69) is 72.6 Å². The number of hydrogen-bond donors (Lipinski definition) is 2. The number of H-pyrrole nitrogens is 1. The number of aromatic amines is 1. The molecule has 1 aromatic heterocycles. The first-order valence-electron chi connectivity index (χ1n) is 16.6. The summed E-state index contributed by atoms with van der Waals surface area (Å²) in [5.41, 5.74) is 4.95. The molecule has 4 unspecified atom stereocenters. The van der Waals surface area contributed by atoms with Gasteiger partial charge in [-0.1, -0.05) is 19.2 Å². The first-order chi connectivity index (χ1) is 21.5. The van der Waals surface area contributed by atoms with E-state index < -0.39 is 5.41 Å². The van der Waals surface area contributed by atoms with Gasteiger partial charge in [0, 0.05) is 64.3 Å². The Hall–Kier alpha value is -3.64. The van der Waals surface area contributed by atoms with E-state index in [-0.39, 0.29) is 18.0 Å². The molecule has 242 valence electrons. The van der Waals surface area contributed by atoms with Crippen LogP contribution in [0.1, 0.15) is 85.0 Å². The van der Waals surface area contributed by atoms with Crippen LogP contribution in [0, 0.1) is 36.0 Å². The van der Waals surface area contributed by atoms with Crippen LogP contribution in [0.15, 0.2) is 42.8 Å². The molecule has 2 aromatic rings. The molecule has 3 aliphatic rings. The summed E-state index contributed by atoms with van der Waals surface area (Å²) in [5.74, 6) is 2.93. The molecule has 1 aliphatic heterocycles. The first kappa shape index (κ1) is 32.7. The molecule has 1 saturated carbocycles. The summed E-state index contributed by atoms with van der Waals surface area (Å²) in [6.45, 7) is 14.6. The van der Waals surface area contributed by atoms with Crippen LogP contribution in [0.4, 0.5) is 0 Å². The summed E-state index contributed by atoms with van der Waals surface area (Å²) in [7, 11) is 7.82. The van der Waals surface area contributed by atoms with E-state index in [4.69, 9.17) is 10.1 Å². The lowest BCUT2D eigenvalue weighted by atomic mass is 9.57. The predicted molar refractivity (Wildman–Crippen MR) is 178 cm³/mol. The molecule has 1 saturated heterocycles. The summed E-state index contributed by atoms with van der Waals surface area (Å²) in [6, 6.07) is 8.82. The molecule has 0 spiro atoms. The molecule has 1 amide bonds. The number of likely N-dealkylation sites (tertiary alicyclic amines) is 1. The molecule has 5 rings (SSSR count). The maximum atomic E-state index is 13.1. The highest BCUT2D eigenvalue weighted by atomic mass is 16.2. The van der Waals surface area contributed by atoms with Crippen molar-refractivity contribution in [1.82, 2.24) is 35.2 Å². The molecular formula is C36H52N8O. The fourth-order valence-corrected chi connectivity index (χ4v) is 8.48. The normalized spacial score (nSPS) is 26.6. The molecule has 2 fully saturated rings. The van der Waals surface area contributed by atoms with Gasteiger partial charge in [0.15, 0.2) is 5.82 Å². The zero-order chi connectivity index (χ0) is 32.5. The van der Waals surface area contributed by atoms with Crippen molar-refractivity contribution in [3.8, 4) is 6.07 Å². The minimum atomic E-state index is -0.443. The summed E-state index contributed by atoms with van der Waals surface area (Å²) in [4.78, 5) is 24.2. The molecule has 6 atom stereocenters. The molecule has 0 bridgehead atoms. The molecule has 2 aliphatic carbocycles. The van der Waals surface area contributed by atoms with Crippen molar-refractivity contribution in [2.75, 3.05) is 41.3 Å². The van der Waals surface area contributed by atoms with Crippen LogP contribution in [-0.4, -0.2) is 89.2 Å². The zero-order valence-electron chi connectivity index (χ0n) is 28.2. The topological polar surface area (TPSA) is 104 Å². The highest BCUT2D eigenvalue weighted by Crippen LogP contribution is 2.55. The van der Waals surface area contributed by atoms with E-state index in [1.165, 1.54) is 16.8 Å². The third-order valence-electron chi connectivity index (χ3n) is 10.8. The Bertz CT molecular complexity index is 1450. The van der Waals surface area contributed by atoms with Crippen LogP contribution in [0.2, 0.25) is 0 Å². The second-order valence-electron chi connectivity index (χ2n) is 14.1. The Balaban J connectivity index is 1.55. The van der Waals surface area contributed by atoms with Crippen LogP contribution < -0.4 is 5.32 Å². The Kier molecular flexibility index (Phi) is 9.74. The van der Waals surface area contributed by atoms with Crippen LogP contribution in [0.3, 0.4) is 0 Å². The predicted octanol–water partition coefficient (Wildman–Crippen LogP) is 5.02. The molecule has 1 aromatic carbocycles. The largest absolute Gasteiger partial charge is 0.381 e. The highest BCUT2D eigenvalue weighted by Gasteiger charge is 2.53. The molecule has 9 nitrogen and oxygen atoms in total. The van der Waals surface area contributed by atoms with Gasteiger partial charge in [0.2, 0.25) is 0 Å². The van der Waals surface area contributed by atoms with Gasteiger partial charge in [-0.3, -0.25) is 9.89 Å². The number of carbonyl (C=O) groups excluding carboxylic acids is 1. The van der Waals surface area contributed by atoms with Gasteiger partial charge in [-0.05, 0) is 106 Å². The summed E-state index contributed by atoms with van der Waals surface area (Å²) in [6.07, 6.45) is 7.95. The average molecular weight is 613 g/mol. The molecule has 9 heteroatoms. The Morgan fingerprint density at radius 2 is 1.98 bits per heavy atom. The zero-order valence-corrected chi connectivity index (χ0v) is 28.2. The molecule has 2 heterocycles. The number of hydrogen-bond acceptors (Lipinski definition) is 7. The van der Waals surface area contributed by atoms with Crippen molar-refractivity contribution in [1.29, 1.82) is 5.26 Å². The van der Waals surface area contributed by atoms with Gasteiger partial charge >= 0.3 is 0 Å². The third-order valence-corrected chi connectivity index (χ3v) is 10.8. The maximum Gasteiger partial charge on any atom is 0.253 e. The second kappa shape index (κ2) is 13.4. The van der Waals surface area contributed by atoms with Gasteiger partial charge in [0.1, 0.15) is 11.9 Å². The average Bonchev–Trinajstić information content (AvgIpc) is 3.67. The van der Waals surface area contributed by atoms with Crippen molar-refractivity contribution < 1.29 is 4.79 Å². The number of fused-ring (bicyclic) bond motifs is 2. The first-order valence-corrected chi connectivity index (χ1v) is 16.6. The van der Waals surface area contributed by atoms with E-state index in [0.717, 1.165) is 80.8 Å². The number of amides is 1.